The van der Waals surface area contributed by atoms with E-state index in [4.69, 9.17) is 0 Å². The third-order valence-corrected chi connectivity index (χ3v) is 15.1. The Balaban J connectivity index is 0.000000194. The fraction of sp³-hybridized carbons (Fsp3) is 0.462. The number of urea groups is 2. The number of alkyl halides is 6. The summed E-state index contributed by atoms with van der Waals surface area (Å²) in [6.07, 6.45) is -4.53. The normalized spacial score (nSPS) is 21.1. The third-order valence-electron chi connectivity index (χ3n) is 15.1. The first-order valence-electron chi connectivity index (χ1n) is 25.8. The van der Waals surface area contributed by atoms with Gasteiger partial charge in [-0.1, -0.05) is 24.3 Å². The number of piperidine rings is 2. The predicted octanol–water partition coefficient (Wildman–Crippen LogP) is 7.37. The molecular formula is C52H54F10N12O6. The topological polar surface area (TPSA) is 207 Å². The number of hydrogen-bond donors (Lipinski definition) is 4. The SMILES string of the molecule is O=C(N[C@@H]1CC[C@@H](c2cccc(F)c2F)CN(CC(F)(F)F)C1=O)N1CCC(n2c(=O)[nH]c3ncccc32)CC1.O=C(N[C@@H]1CC[C@@H](c2cccc(F)c2F)CN(CC(F)(F)F)C1=O)N1CCC(n2c(=O)[nH]c3ncccc32)CC1. The van der Waals surface area contributed by atoms with Crippen LogP contribution < -0.4 is 22.0 Å². The van der Waals surface area contributed by atoms with E-state index >= 15 is 0 Å². The van der Waals surface area contributed by atoms with Gasteiger partial charge in [-0.25, -0.2) is 46.7 Å². The molecule has 0 unspecified atom stereocenters. The second-order valence-electron chi connectivity index (χ2n) is 20.3. The molecule has 0 bridgehead atoms. The van der Waals surface area contributed by atoms with Gasteiger partial charge in [-0.3, -0.25) is 28.7 Å². The van der Waals surface area contributed by atoms with Gasteiger partial charge in [0, 0.05) is 75.6 Å². The zero-order valence-electron chi connectivity index (χ0n) is 42.5. The average Bonchev–Trinajstić information content (AvgIpc) is 3.91. The van der Waals surface area contributed by atoms with Crippen LogP contribution >= 0.6 is 0 Å². The summed E-state index contributed by atoms with van der Waals surface area (Å²) in [5, 5.41) is 5.12. The number of aromatic amines is 2. The lowest BCUT2D eigenvalue weighted by molar-refractivity contribution is -0.162. The van der Waals surface area contributed by atoms with Crippen molar-refractivity contribution < 1.29 is 63.1 Å². The minimum atomic E-state index is -4.72. The lowest BCUT2D eigenvalue weighted by Gasteiger charge is -2.34. The number of halogens is 10. The Morgan fingerprint density at radius 3 is 1.26 bits per heavy atom. The van der Waals surface area contributed by atoms with Gasteiger partial charge in [0.15, 0.2) is 34.6 Å². The second kappa shape index (κ2) is 23.4. The quantitative estimate of drug-likeness (QED) is 0.113. The number of likely N-dealkylation sites (tertiary alicyclic amines) is 4. The number of pyridine rings is 2. The molecule has 0 spiro atoms. The summed E-state index contributed by atoms with van der Waals surface area (Å²) in [7, 11) is 0. The molecule has 80 heavy (non-hydrogen) atoms. The fourth-order valence-corrected chi connectivity index (χ4v) is 11.3. The first-order chi connectivity index (χ1) is 38.0. The molecule has 4 atom stereocenters. The fourth-order valence-electron chi connectivity index (χ4n) is 11.3. The van der Waals surface area contributed by atoms with E-state index in [9.17, 15) is 72.7 Å². The van der Waals surface area contributed by atoms with Crippen molar-refractivity contribution in [3.05, 3.63) is 128 Å². The van der Waals surface area contributed by atoms with Gasteiger partial charge in [-0.2, -0.15) is 26.3 Å². The van der Waals surface area contributed by atoms with Crippen LogP contribution in [0.15, 0.2) is 82.6 Å². The van der Waals surface area contributed by atoms with Crippen LogP contribution in [-0.2, 0) is 9.59 Å². The molecule has 4 saturated heterocycles. The Bertz CT molecular complexity index is 3150. The number of fused-ring (bicyclic) bond motifs is 2. The maximum absolute atomic E-state index is 14.5. The second-order valence-corrected chi connectivity index (χ2v) is 20.3. The van der Waals surface area contributed by atoms with Crippen molar-refractivity contribution in [1.82, 2.24) is 59.3 Å². The minimum Gasteiger partial charge on any atom is -0.331 e. The largest absolute Gasteiger partial charge is 0.406 e. The molecule has 0 saturated carbocycles. The van der Waals surface area contributed by atoms with Crippen LogP contribution in [0.2, 0.25) is 0 Å². The number of aromatic nitrogens is 6. The van der Waals surface area contributed by atoms with Gasteiger partial charge in [0.05, 0.1) is 11.0 Å². The summed E-state index contributed by atoms with van der Waals surface area (Å²) >= 11 is 0. The molecule has 4 fully saturated rings. The Hall–Kier alpha value is -7.94. The molecule has 0 radical (unpaired) electrons. The zero-order chi connectivity index (χ0) is 57.2. The number of benzene rings is 2. The molecular weight excluding hydrogens is 1080 g/mol. The van der Waals surface area contributed by atoms with Crippen molar-refractivity contribution in [1.29, 1.82) is 0 Å². The average molecular weight is 1130 g/mol. The van der Waals surface area contributed by atoms with E-state index in [-0.39, 0.29) is 86.5 Å². The van der Waals surface area contributed by atoms with E-state index in [0.717, 1.165) is 12.1 Å². The Morgan fingerprint density at radius 2 is 0.900 bits per heavy atom. The number of hydrogen-bond acceptors (Lipinski definition) is 8. The summed E-state index contributed by atoms with van der Waals surface area (Å²) in [6.45, 7) is -3.09. The summed E-state index contributed by atoms with van der Waals surface area (Å²) in [4.78, 5) is 95.0. The van der Waals surface area contributed by atoms with Crippen LogP contribution in [0.25, 0.3) is 22.3 Å². The number of nitrogens with one attached hydrogen (secondary N) is 4. The molecule has 4 aromatic heterocycles. The minimum absolute atomic E-state index is 0.0479. The smallest absolute Gasteiger partial charge is 0.331 e. The molecule has 18 nitrogen and oxygen atoms in total. The third kappa shape index (κ3) is 12.7. The summed E-state index contributed by atoms with van der Waals surface area (Å²) < 4.78 is 140. The van der Waals surface area contributed by atoms with Crippen molar-refractivity contribution in [3.8, 4) is 0 Å². The predicted molar refractivity (Wildman–Crippen MR) is 267 cm³/mol. The van der Waals surface area contributed by atoms with E-state index in [0.29, 0.717) is 57.8 Å². The van der Waals surface area contributed by atoms with E-state index in [1.807, 2.05) is 0 Å². The van der Waals surface area contributed by atoms with E-state index < -0.39 is 110 Å². The van der Waals surface area contributed by atoms with Crippen LogP contribution in [0.4, 0.5) is 53.5 Å². The lowest BCUT2D eigenvalue weighted by Crippen LogP contribution is -2.54. The van der Waals surface area contributed by atoms with Gasteiger partial charge in [0.2, 0.25) is 11.8 Å². The summed E-state index contributed by atoms with van der Waals surface area (Å²) in [6, 6.07) is 9.73. The van der Waals surface area contributed by atoms with Crippen LogP contribution in [0.1, 0.15) is 86.4 Å². The Morgan fingerprint density at radius 1 is 0.525 bits per heavy atom. The van der Waals surface area contributed by atoms with E-state index in [1.165, 1.54) is 34.1 Å². The summed E-state index contributed by atoms with van der Waals surface area (Å²) in [5.74, 6) is -8.22. The highest BCUT2D eigenvalue weighted by Gasteiger charge is 2.43. The van der Waals surface area contributed by atoms with E-state index in [2.05, 4.69) is 30.6 Å². The van der Waals surface area contributed by atoms with Crippen LogP contribution in [0.5, 0.6) is 0 Å². The maximum Gasteiger partial charge on any atom is 0.406 e. The number of carbonyl (C=O) groups excluding carboxylic acids is 4. The Labute approximate surface area is 448 Å². The van der Waals surface area contributed by atoms with Crippen LogP contribution in [0, 0.1) is 23.3 Å². The van der Waals surface area contributed by atoms with Gasteiger partial charge in [-0.05, 0) is 98.9 Å². The number of rotatable bonds is 8. The van der Waals surface area contributed by atoms with Crippen molar-refractivity contribution in [2.24, 2.45) is 0 Å². The van der Waals surface area contributed by atoms with Crippen molar-refractivity contribution in [2.75, 3.05) is 52.4 Å². The molecule has 28 heteroatoms. The number of carbonyl (C=O) groups is 4. The van der Waals surface area contributed by atoms with Gasteiger partial charge in [0.25, 0.3) is 0 Å². The molecule has 428 valence electrons. The molecule has 2 aromatic carbocycles. The number of nitrogens with zero attached hydrogens (tertiary/aromatic N) is 8. The molecule has 4 aliphatic heterocycles. The first-order valence-corrected chi connectivity index (χ1v) is 25.8. The molecule has 4 N–H and O–H groups in total. The van der Waals surface area contributed by atoms with Crippen LogP contribution in [0.3, 0.4) is 0 Å². The van der Waals surface area contributed by atoms with Gasteiger partial charge in [-0.15, -0.1) is 0 Å². The zero-order valence-corrected chi connectivity index (χ0v) is 42.5. The van der Waals surface area contributed by atoms with Crippen molar-refractivity contribution in [3.63, 3.8) is 0 Å². The highest BCUT2D eigenvalue weighted by molar-refractivity contribution is 5.88. The molecule has 0 aliphatic carbocycles. The lowest BCUT2D eigenvalue weighted by atomic mass is 9.93. The molecule has 10 rings (SSSR count). The first kappa shape index (κ1) is 56.8. The standard InChI is InChI=1S/2C26H27F5N6O3/c2*27-18-4-1-3-17(21(18)28)15-6-7-19(23(38)36(13-15)14-26(29,30)31)33-24(39)35-11-8-16(9-12-35)37-20-5-2-10-32-22(20)34-25(37)40/h2*1-5,10,15-16,19H,6-9,11-14H2,(H,33,39)(H,32,34,40)/t2*15-,19-/m11/s1. The van der Waals surface area contributed by atoms with E-state index in [1.54, 1.807) is 45.8 Å². The maximum atomic E-state index is 14.5. The van der Waals surface area contributed by atoms with Gasteiger partial charge in [0.1, 0.15) is 25.2 Å². The van der Waals surface area contributed by atoms with Crippen molar-refractivity contribution >= 4 is 46.2 Å². The number of imidazole rings is 2. The molecule has 8 heterocycles. The van der Waals surface area contributed by atoms with Gasteiger partial charge < -0.3 is 30.2 Å². The molecule has 4 aliphatic rings. The highest BCUT2D eigenvalue weighted by Crippen LogP contribution is 2.34. The highest BCUT2D eigenvalue weighted by atomic mass is 19.4. The summed E-state index contributed by atoms with van der Waals surface area (Å²) in [5.41, 5.74) is 1.36. The Kier molecular flexibility index (Phi) is 16.6. The van der Waals surface area contributed by atoms with Crippen LogP contribution in [-0.4, -0.2) is 149 Å². The number of H-pyrrole nitrogens is 2. The monoisotopic (exact) mass is 1130 g/mol. The number of amides is 6. The van der Waals surface area contributed by atoms with Gasteiger partial charge >= 0.3 is 35.8 Å². The molecule has 6 aromatic rings. The molecule has 6 amide bonds. The van der Waals surface area contributed by atoms with Crippen molar-refractivity contribution in [2.45, 2.75) is 99.7 Å².